The van der Waals surface area contributed by atoms with Gasteiger partial charge >= 0.3 is 0 Å². The first-order valence-corrected chi connectivity index (χ1v) is 6.31. The summed E-state index contributed by atoms with van der Waals surface area (Å²) in [6.07, 6.45) is 4.27. The highest BCUT2D eigenvalue weighted by atomic mass is 16.1. The average Bonchev–Trinajstić information content (AvgIpc) is 2.80. The second-order valence-corrected chi connectivity index (χ2v) is 4.50. The monoisotopic (exact) mass is 245 g/mol. The van der Waals surface area contributed by atoms with E-state index in [1.54, 1.807) is 0 Å². The van der Waals surface area contributed by atoms with Crippen LogP contribution in [0.15, 0.2) is 30.5 Å². The lowest BCUT2D eigenvalue weighted by Crippen LogP contribution is -2.16. The smallest absolute Gasteiger partial charge is 0.217 e. The van der Waals surface area contributed by atoms with E-state index in [0.29, 0.717) is 6.42 Å². The first kappa shape index (κ1) is 12.6. The Bertz CT molecular complexity index is 518. The van der Waals surface area contributed by atoms with E-state index in [-0.39, 0.29) is 5.91 Å². The molecule has 0 atom stereocenters. The normalized spacial score (nSPS) is 10.9. The number of nitrogens with one attached hydrogen (secondary N) is 2. The summed E-state index contributed by atoms with van der Waals surface area (Å²) < 4.78 is 0. The first-order valence-electron chi connectivity index (χ1n) is 6.31. The number of H-pyrrole nitrogens is 1. The second kappa shape index (κ2) is 6.21. The number of primary amides is 1. The minimum Gasteiger partial charge on any atom is -0.370 e. The molecule has 18 heavy (non-hydrogen) atoms. The zero-order valence-corrected chi connectivity index (χ0v) is 10.4. The van der Waals surface area contributed by atoms with Crippen molar-refractivity contribution in [3.63, 3.8) is 0 Å². The van der Waals surface area contributed by atoms with Crippen LogP contribution in [0.5, 0.6) is 0 Å². The summed E-state index contributed by atoms with van der Waals surface area (Å²) in [7, 11) is 0. The number of hydrogen-bond acceptors (Lipinski definition) is 2. The van der Waals surface area contributed by atoms with Gasteiger partial charge in [-0.15, -0.1) is 0 Å². The summed E-state index contributed by atoms with van der Waals surface area (Å²) in [5, 5.41) is 4.60. The lowest BCUT2D eigenvalue weighted by Gasteiger charge is -2.04. The predicted molar refractivity (Wildman–Crippen MR) is 73.1 cm³/mol. The van der Waals surface area contributed by atoms with Gasteiger partial charge < -0.3 is 16.0 Å². The summed E-state index contributed by atoms with van der Waals surface area (Å²) in [5.74, 6) is -0.216. The van der Waals surface area contributed by atoms with Crippen molar-refractivity contribution in [1.29, 1.82) is 0 Å². The number of rotatable bonds is 7. The van der Waals surface area contributed by atoms with Crippen LogP contribution in [0.3, 0.4) is 0 Å². The van der Waals surface area contributed by atoms with Crippen LogP contribution < -0.4 is 11.1 Å². The molecule has 0 fully saturated rings. The van der Waals surface area contributed by atoms with Crippen LogP contribution in [0.4, 0.5) is 0 Å². The van der Waals surface area contributed by atoms with Gasteiger partial charge in [-0.05, 0) is 42.5 Å². The molecule has 0 radical (unpaired) electrons. The van der Waals surface area contributed by atoms with E-state index >= 15 is 0 Å². The number of nitrogens with two attached hydrogens (primary N) is 1. The lowest BCUT2D eigenvalue weighted by atomic mass is 10.1. The molecule has 4 N–H and O–H groups in total. The Morgan fingerprint density at radius 3 is 3.00 bits per heavy atom. The Balaban J connectivity index is 1.71. The molecule has 1 heterocycles. The van der Waals surface area contributed by atoms with Crippen molar-refractivity contribution in [3.8, 4) is 0 Å². The highest BCUT2D eigenvalue weighted by molar-refractivity contribution is 5.79. The van der Waals surface area contributed by atoms with Crippen molar-refractivity contribution in [2.75, 3.05) is 6.54 Å². The van der Waals surface area contributed by atoms with Gasteiger partial charge in [0.2, 0.25) is 5.91 Å². The number of fused-ring (bicyclic) bond motifs is 1. The van der Waals surface area contributed by atoms with Gasteiger partial charge in [-0.25, -0.2) is 0 Å². The van der Waals surface area contributed by atoms with Crippen LogP contribution in [0.25, 0.3) is 10.9 Å². The number of carbonyl (C=O) groups is 1. The molecule has 2 aromatic rings. The fraction of sp³-hybridized carbons (Fsp3) is 0.357. The van der Waals surface area contributed by atoms with Gasteiger partial charge in [-0.3, -0.25) is 4.79 Å². The van der Waals surface area contributed by atoms with E-state index in [4.69, 9.17) is 5.73 Å². The number of hydrogen-bond donors (Lipinski definition) is 3. The van der Waals surface area contributed by atoms with Crippen molar-refractivity contribution >= 4 is 16.8 Å². The third-order valence-corrected chi connectivity index (χ3v) is 2.98. The van der Waals surface area contributed by atoms with Crippen molar-refractivity contribution < 1.29 is 4.79 Å². The zero-order valence-electron chi connectivity index (χ0n) is 10.4. The second-order valence-electron chi connectivity index (χ2n) is 4.50. The Labute approximate surface area is 107 Å². The molecule has 1 aromatic carbocycles. The van der Waals surface area contributed by atoms with Gasteiger partial charge in [0.1, 0.15) is 0 Å². The van der Waals surface area contributed by atoms with Gasteiger partial charge in [0.15, 0.2) is 0 Å². The standard InChI is InChI=1S/C14H19N3O/c15-14(18)3-1-2-7-16-10-11-4-5-12-6-8-17-13(12)9-11/h4-6,8-9,16-17H,1-3,7,10H2,(H2,15,18). The molecule has 0 spiro atoms. The van der Waals surface area contributed by atoms with Gasteiger partial charge in [0.25, 0.3) is 0 Å². The fourth-order valence-electron chi connectivity index (χ4n) is 1.99. The minimum absolute atomic E-state index is 0.216. The molecular weight excluding hydrogens is 226 g/mol. The summed E-state index contributed by atoms with van der Waals surface area (Å²) in [6, 6.07) is 8.48. The summed E-state index contributed by atoms with van der Waals surface area (Å²) in [5.41, 5.74) is 7.51. The van der Waals surface area contributed by atoms with E-state index in [1.165, 1.54) is 16.5 Å². The van der Waals surface area contributed by atoms with Crippen LogP contribution in [-0.4, -0.2) is 17.4 Å². The number of unbranched alkanes of at least 4 members (excludes halogenated alkanes) is 1. The van der Waals surface area contributed by atoms with Gasteiger partial charge in [-0.2, -0.15) is 0 Å². The minimum atomic E-state index is -0.216. The van der Waals surface area contributed by atoms with Gasteiger partial charge in [0.05, 0.1) is 0 Å². The molecule has 2 rings (SSSR count). The van der Waals surface area contributed by atoms with Crippen molar-refractivity contribution in [3.05, 3.63) is 36.0 Å². The largest absolute Gasteiger partial charge is 0.370 e. The van der Waals surface area contributed by atoms with E-state index < -0.39 is 0 Å². The third-order valence-electron chi connectivity index (χ3n) is 2.98. The van der Waals surface area contributed by atoms with Crippen molar-refractivity contribution in [2.24, 2.45) is 5.73 Å². The third kappa shape index (κ3) is 3.60. The molecule has 4 heteroatoms. The van der Waals surface area contributed by atoms with Gasteiger partial charge in [0, 0.05) is 24.7 Å². The molecule has 0 unspecified atom stereocenters. The Kier molecular flexibility index (Phi) is 4.36. The summed E-state index contributed by atoms with van der Waals surface area (Å²) in [6.45, 7) is 1.77. The number of aromatic nitrogens is 1. The highest BCUT2D eigenvalue weighted by Gasteiger charge is 1.98. The van der Waals surface area contributed by atoms with Crippen LogP contribution in [-0.2, 0) is 11.3 Å². The highest BCUT2D eigenvalue weighted by Crippen LogP contribution is 2.13. The maximum absolute atomic E-state index is 10.6. The molecular formula is C14H19N3O. The molecule has 0 aliphatic heterocycles. The van der Waals surface area contributed by atoms with Crippen LogP contribution in [0.1, 0.15) is 24.8 Å². The molecule has 0 saturated carbocycles. The average molecular weight is 245 g/mol. The fourth-order valence-corrected chi connectivity index (χ4v) is 1.99. The number of carbonyl (C=O) groups excluding carboxylic acids is 1. The number of aromatic amines is 1. The summed E-state index contributed by atoms with van der Waals surface area (Å²) in [4.78, 5) is 13.8. The van der Waals surface area contributed by atoms with E-state index in [0.717, 1.165) is 25.9 Å². The Hall–Kier alpha value is -1.81. The van der Waals surface area contributed by atoms with Crippen LogP contribution in [0.2, 0.25) is 0 Å². The van der Waals surface area contributed by atoms with E-state index in [1.807, 2.05) is 6.20 Å². The quantitative estimate of drug-likeness (QED) is 0.652. The van der Waals surface area contributed by atoms with Gasteiger partial charge in [-0.1, -0.05) is 12.1 Å². The topological polar surface area (TPSA) is 70.9 Å². The molecule has 1 amide bonds. The Morgan fingerprint density at radius 1 is 1.28 bits per heavy atom. The van der Waals surface area contributed by atoms with Crippen molar-refractivity contribution in [1.82, 2.24) is 10.3 Å². The number of amides is 1. The summed E-state index contributed by atoms with van der Waals surface area (Å²) >= 11 is 0. The molecule has 1 aromatic heterocycles. The maximum Gasteiger partial charge on any atom is 0.217 e. The first-order chi connectivity index (χ1) is 8.75. The molecule has 96 valence electrons. The number of benzene rings is 1. The molecule has 0 saturated heterocycles. The van der Waals surface area contributed by atoms with Crippen molar-refractivity contribution in [2.45, 2.75) is 25.8 Å². The zero-order chi connectivity index (χ0) is 12.8. The lowest BCUT2D eigenvalue weighted by molar-refractivity contribution is -0.118. The SMILES string of the molecule is NC(=O)CCCCNCc1ccc2cc[nH]c2c1. The molecule has 0 bridgehead atoms. The van der Waals surface area contributed by atoms with E-state index in [9.17, 15) is 4.79 Å². The Morgan fingerprint density at radius 2 is 2.17 bits per heavy atom. The maximum atomic E-state index is 10.6. The van der Waals surface area contributed by atoms with Crippen LogP contribution in [0, 0.1) is 0 Å². The van der Waals surface area contributed by atoms with E-state index in [2.05, 4.69) is 34.6 Å². The molecule has 4 nitrogen and oxygen atoms in total. The molecule has 0 aliphatic rings. The molecule has 0 aliphatic carbocycles. The van der Waals surface area contributed by atoms with Crippen LogP contribution >= 0.6 is 0 Å². The predicted octanol–water partition coefficient (Wildman–Crippen LogP) is 1.91.